The number of carbonyl (C=O) groups excluding carboxylic acids is 1. The fourth-order valence-corrected chi connectivity index (χ4v) is 1.58. The van der Waals surface area contributed by atoms with Crippen molar-refractivity contribution >= 4 is 5.78 Å². The topological polar surface area (TPSA) is 73.8 Å². The van der Waals surface area contributed by atoms with Crippen LogP contribution in [0.4, 0.5) is 0 Å². The van der Waals surface area contributed by atoms with Gasteiger partial charge in [0, 0.05) is 19.0 Å². The highest BCUT2D eigenvalue weighted by Gasteiger charge is 2.09. The number of carbonyl (C=O) groups is 1. The van der Waals surface area contributed by atoms with Gasteiger partial charge in [-0.05, 0) is 26.7 Å². The van der Waals surface area contributed by atoms with Crippen molar-refractivity contribution in [3.63, 3.8) is 0 Å². The monoisotopic (exact) mass is 224 g/mol. The molecular formula is C11H20N4O. The zero-order valence-electron chi connectivity index (χ0n) is 10.0. The molecule has 0 spiro atoms. The van der Waals surface area contributed by atoms with Gasteiger partial charge < -0.3 is 5.73 Å². The Hall–Kier alpha value is -1.23. The summed E-state index contributed by atoms with van der Waals surface area (Å²) in [5.41, 5.74) is 5.62. The maximum Gasteiger partial charge on any atom is 0.140 e. The number of ketones is 1. The van der Waals surface area contributed by atoms with E-state index < -0.39 is 0 Å². The van der Waals surface area contributed by atoms with E-state index in [1.54, 1.807) is 4.68 Å². The van der Waals surface area contributed by atoms with Crippen LogP contribution in [0.15, 0.2) is 6.33 Å². The number of hydrogen-bond acceptors (Lipinski definition) is 4. The van der Waals surface area contributed by atoms with Gasteiger partial charge in [-0.25, -0.2) is 9.67 Å². The molecule has 0 fully saturated rings. The molecule has 90 valence electrons. The van der Waals surface area contributed by atoms with E-state index in [1.807, 2.05) is 13.8 Å². The predicted octanol–water partition coefficient (Wildman–Crippen LogP) is 0.927. The van der Waals surface area contributed by atoms with E-state index >= 15 is 0 Å². The Morgan fingerprint density at radius 2 is 2.38 bits per heavy atom. The summed E-state index contributed by atoms with van der Waals surface area (Å²) in [6.07, 6.45) is 4.21. The molecule has 5 nitrogen and oxygen atoms in total. The lowest BCUT2D eigenvalue weighted by Gasteiger charge is -2.04. The molecule has 0 aliphatic carbocycles. The third-order valence-corrected chi connectivity index (χ3v) is 2.47. The smallest absolute Gasteiger partial charge is 0.140 e. The molecule has 0 saturated heterocycles. The van der Waals surface area contributed by atoms with E-state index in [1.165, 1.54) is 6.33 Å². The van der Waals surface area contributed by atoms with E-state index in [0.717, 1.165) is 25.2 Å². The summed E-state index contributed by atoms with van der Waals surface area (Å²) < 4.78 is 1.75. The molecule has 0 amide bonds. The fourth-order valence-electron chi connectivity index (χ4n) is 1.58. The van der Waals surface area contributed by atoms with E-state index in [0.29, 0.717) is 12.8 Å². The first-order valence-corrected chi connectivity index (χ1v) is 5.77. The Balaban J connectivity index is 2.34. The molecule has 1 atom stereocenters. The van der Waals surface area contributed by atoms with Crippen molar-refractivity contribution in [2.24, 2.45) is 5.73 Å². The highest BCUT2D eigenvalue weighted by Crippen LogP contribution is 2.03. The van der Waals surface area contributed by atoms with Gasteiger partial charge in [-0.2, -0.15) is 5.10 Å². The number of nitrogens with two attached hydrogens (primary N) is 1. The lowest BCUT2D eigenvalue weighted by molar-refractivity contribution is -0.118. The Bertz CT molecular complexity index is 332. The quantitative estimate of drug-likeness (QED) is 0.747. The van der Waals surface area contributed by atoms with Crippen LogP contribution in [0.1, 0.15) is 38.9 Å². The minimum Gasteiger partial charge on any atom is -0.328 e. The zero-order chi connectivity index (χ0) is 12.0. The maximum absolute atomic E-state index is 11.6. The maximum atomic E-state index is 11.6. The molecule has 0 aliphatic rings. The van der Waals surface area contributed by atoms with Crippen LogP contribution in [0.25, 0.3) is 0 Å². The molecule has 0 aromatic carbocycles. The minimum absolute atomic E-state index is 0.173. The first kappa shape index (κ1) is 12.8. The molecule has 1 aromatic heterocycles. The molecular weight excluding hydrogens is 204 g/mol. The van der Waals surface area contributed by atoms with Gasteiger partial charge in [0.2, 0.25) is 0 Å². The van der Waals surface area contributed by atoms with Gasteiger partial charge in [0.1, 0.15) is 17.9 Å². The average molecular weight is 224 g/mol. The largest absolute Gasteiger partial charge is 0.328 e. The molecule has 0 radical (unpaired) electrons. The zero-order valence-corrected chi connectivity index (χ0v) is 10.0. The Morgan fingerprint density at radius 1 is 1.62 bits per heavy atom. The molecule has 0 saturated carbocycles. The molecule has 16 heavy (non-hydrogen) atoms. The minimum atomic E-state index is 0.173. The highest BCUT2D eigenvalue weighted by molar-refractivity contribution is 5.80. The lowest BCUT2D eigenvalue weighted by atomic mass is 10.1. The summed E-state index contributed by atoms with van der Waals surface area (Å²) in [6, 6.07) is 0.173. The Labute approximate surface area is 96.0 Å². The number of nitrogens with zero attached hydrogens (tertiary/aromatic N) is 3. The van der Waals surface area contributed by atoms with Crippen molar-refractivity contribution < 1.29 is 4.79 Å². The summed E-state index contributed by atoms with van der Waals surface area (Å²) in [7, 11) is 0. The predicted molar refractivity (Wildman–Crippen MR) is 61.9 cm³/mol. The second-order valence-corrected chi connectivity index (χ2v) is 4.08. The van der Waals surface area contributed by atoms with Crippen LogP contribution in [0.3, 0.4) is 0 Å². The number of rotatable bonds is 7. The summed E-state index contributed by atoms with van der Waals surface area (Å²) in [5, 5.41) is 4.03. The summed E-state index contributed by atoms with van der Waals surface area (Å²) in [6.45, 7) is 4.69. The van der Waals surface area contributed by atoms with E-state index in [9.17, 15) is 4.79 Å². The lowest BCUT2D eigenvalue weighted by Crippen LogP contribution is -2.15. The molecule has 1 unspecified atom stereocenters. The normalized spacial score (nSPS) is 12.7. The number of aromatic nitrogens is 3. The SMILES string of the molecule is CCn1ncnc1CC(=O)CCCC(C)N. The standard InChI is InChI=1S/C11H20N4O/c1-3-15-11(13-8-14-15)7-10(16)6-4-5-9(2)12/h8-9H,3-7,12H2,1-2H3. The summed E-state index contributed by atoms with van der Waals surface area (Å²) in [4.78, 5) is 15.7. The van der Waals surface area contributed by atoms with Crippen LogP contribution in [-0.4, -0.2) is 26.6 Å². The van der Waals surface area contributed by atoms with Crippen LogP contribution in [0.5, 0.6) is 0 Å². The molecule has 0 aliphatic heterocycles. The van der Waals surface area contributed by atoms with Crippen molar-refractivity contribution in [1.82, 2.24) is 14.8 Å². The van der Waals surface area contributed by atoms with Gasteiger partial charge in [-0.3, -0.25) is 4.79 Å². The van der Waals surface area contributed by atoms with Crippen molar-refractivity contribution in [1.29, 1.82) is 0 Å². The first-order chi connectivity index (χ1) is 7.63. The van der Waals surface area contributed by atoms with Crippen LogP contribution in [0, 0.1) is 0 Å². The van der Waals surface area contributed by atoms with Crippen molar-refractivity contribution in [2.45, 2.75) is 52.1 Å². The van der Waals surface area contributed by atoms with Crippen LogP contribution in [-0.2, 0) is 17.8 Å². The van der Waals surface area contributed by atoms with Crippen molar-refractivity contribution in [3.05, 3.63) is 12.2 Å². The Kier molecular flexibility index (Phi) is 5.11. The third kappa shape index (κ3) is 4.10. The number of hydrogen-bond donors (Lipinski definition) is 1. The fraction of sp³-hybridized carbons (Fsp3) is 0.727. The molecule has 2 N–H and O–H groups in total. The van der Waals surface area contributed by atoms with Gasteiger partial charge in [-0.1, -0.05) is 0 Å². The summed E-state index contributed by atoms with van der Waals surface area (Å²) in [5.74, 6) is 0.969. The van der Waals surface area contributed by atoms with Crippen LogP contribution >= 0.6 is 0 Å². The van der Waals surface area contributed by atoms with Gasteiger partial charge in [-0.15, -0.1) is 0 Å². The van der Waals surface area contributed by atoms with Crippen molar-refractivity contribution in [3.8, 4) is 0 Å². The molecule has 5 heteroatoms. The average Bonchev–Trinajstić information content (AvgIpc) is 2.64. The van der Waals surface area contributed by atoms with E-state index in [4.69, 9.17) is 5.73 Å². The molecule has 1 aromatic rings. The van der Waals surface area contributed by atoms with Gasteiger partial charge in [0.25, 0.3) is 0 Å². The van der Waals surface area contributed by atoms with Gasteiger partial charge in [0.05, 0.1) is 6.42 Å². The molecule has 1 rings (SSSR count). The highest BCUT2D eigenvalue weighted by atomic mass is 16.1. The second kappa shape index (κ2) is 6.37. The number of Topliss-reactive ketones (excluding diaryl/α,β-unsaturated/α-hetero) is 1. The number of aryl methyl sites for hydroxylation is 1. The van der Waals surface area contributed by atoms with E-state index in [2.05, 4.69) is 10.1 Å². The van der Waals surface area contributed by atoms with Crippen LogP contribution < -0.4 is 5.73 Å². The Morgan fingerprint density at radius 3 is 3.00 bits per heavy atom. The third-order valence-electron chi connectivity index (χ3n) is 2.47. The van der Waals surface area contributed by atoms with Gasteiger partial charge in [0.15, 0.2) is 0 Å². The van der Waals surface area contributed by atoms with Crippen LogP contribution in [0.2, 0.25) is 0 Å². The first-order valence-electron chi connectivity index (χ1n) is 5.77. The summed E-state index contributed by atoms with van der Waals surface area (Å²) >= 11 is 0. The second-order valence-electron chi connectivity index (χ2n) is 4.08. The molecule has 1 heterocycles. The van der Waals surface area contributed by atoms with Gasteiger partial charge >= 0.3 is 0 Å². The van der Waals surface area contributed by atoms with Crippen molar-refractivity contribution in [2.75, 3.05) is 0 Å². The van der Waals surface area contributed by atoms with E-state index in [-0.39, 0.29) is 11.8 Å². The molecule has 0 bridgehead atoms.